The van der Waals surface area contributed by atoms with Crippen molar-refractivity contribution in [2.75, 3.05) is 24.1 Å². The average molecular weight is 246 g/mol. The van der Waals surface area contributed by atoms with Crippen molar-refractivity contribution in [3.05, 3.63) is 0 Å². The fraction of sp³-hybridized carbons (Fsp3) is 0.800. The zero-order chi connectivity index (χ0) is 12.0. The molecule has 4 N–H and O–H groups in total. The van der Waals surface area contributed by atoms with Crippen molar-refractivity contribution in [2.24, 2.45) is 11.5 Å². The summed E-state index contributed by atoms with van der Waals surface area (Å²) in [5.41, 5.74) is 9.28. The Bertz CT molecular complexity index is 369. The van der Waals surface area contributed by atoms with Crippen LogP contribution in [0.1, 0.15) is 0 Å². The maximum absolute atomic E-state index is 10.1. The molecule has 0 spiro atoms. The second kappa shape index (κ2) is 5.94. The van der Waals surface area contributed by atoms with E-state index in [-0.39, 0.29) is 5.88 Å². The first-order valence-corrected chi connectivity index (χ1v) is 7.44. The highest BCUT2D eigenvalue weighted by molar-refractivity contribution is 7.91. The van der Waals surface area contributed by atoms with Crippen LogP contribution in [0.25, 0.3) is 0 Å². The van der Waals surface area contributed by atoms with E-state index in [0.29, 0.717) is 0 Å². The van der Waals surface area contributed by atoms with Gasteiger partial charge in [0.25, 0.3) is 0 Å². The predicted octanol–water partition coefficient (Wildman–Crippen LogP) is -2.54. The van der Waals surface area contributed by atoms with Crippen molar-refractivity contribution in [1.29, 1.82) is 0 Å². The number of carbonyl (C=O) groups is 1. The lowest BCUT2D eigenvalue weighted by molar-refractivity contribution is -0.115. The van der Waals surface area contributed by atoms with Crippen LogP contribution in [-0.4, -0.2) is 46.9 Å². The highest BCUT2D eigenvalue weighted by Gasteiger charge is 2.04. The van der Waals surface area contributed by atoms with Crippen LogP contribution in [0, 0.1) is 0 Å². The van der Waals surface area contributed by atoms with Gasteiger partial charge in [-0.1, -0.05) is 0 Å². The van der Waals surface area contributed by atoms with E-state index in [9.17, 15) is 21.6 Å². The fourth-order valence-corrected chi connectivity index (χ4v) is 0.775. The summed E-state index contributed by atoms with van der Waals surface area (Å²) in [6.07, 6.45) is 2.05. The summed E-state index contributed by atoms with van der Waals surface area (Å²) in [5, 5.41) is 0. The van der Waals surface area contributed by atoms with Crippen molar-refractivity contribution in [3.63, 3.8) is 0 Å². The van der Waals surface area contributed by atoms with Crippen molar-refractivity contribution >= 4 is 25.6 Å². The smallest absolute Gasteiger partial charge is 0.232 e. The number of rotatable bonds is 3. The predicted molar refractivity (Wildman–Crippen MR) is 52.8 cm³/mol. The van der Waals surface area contributed by atoms with Crippen molar-refractivity contribution in [3.8, 4) is 0 Å². The molecule has 9 heteroatoms. The second-order valence-corrected chi connectivity index (χ2v) is 6.95. The maximum atomic E-state index is 10.1. The molecule has 14 heavy (non-hydrogen) atoms. The maximum Gasteiger partial charge on any atom is 0.232 e. The third-order valence-electron chi connectivity index (χ3n) is 0.707. The Balaban J connectivity index is 0. The monoisotopic (exact) mass is 246 g/mol. The van der Waals surface area contributed by atoms with Gasteiger partial charge in [0.1, 0.15) is 5.75 Å². The summed E-state index contributed by atoms with van der Waals surface area (Å²) in [6, 6.07) is 0. The lowest BCUT2D eigenvalue weighted by Crippen LogP contribution is -2.21. The second-order valence-electron chi connectivity index (χ2n) is 2.63. The molecule has 0 unspecified atom stereocenters. The van der Waals surface area contributed by atoms with Crippen LogP contribution in [-0.2, 0) is 24.5 Å². The highest BCUT2D eigenvalue weighted by Crippen LogP contribution is 1.77. The summed E-state index contributed by atoms with van der Waals surface area (Å²) in [6.45, 7) is 0. The van der Waals surface area contributed by atoms with Gasteiger partial charge in [0, 0.05) is 12.5 Å². The molecule has 7 nitrogen and oxygen atoms in total. The van der Waals surface area contributed by atoms with E-state index >= 15 is 0 Å². The molecule has 0 saturated heterocycles. The summed E-state index contributed by atoms with van der Waals surface area (Å²) in [7, 11) is -6.08. The summed E-state index contributed by atoms with van der Waals surface area (Å²) in [5.74, 6) is -1.63. The van der Waals surface area contributed by atoms with Crippen molar-refractivity contribution in [2.45, 2.75) is 0 Å². The topological polar surface area (TPSA) is 137 Å². The quantitative estimate of drug-likeness (QED) is 0.563. The Labute approximate surface area is 83.3 Å². The first kappa shape index (κ1) is 15.8. The molecular formula is C5H14N2O5S2. The summed E-state index contributed by atoms with van der Waals surface area (Å²) in [4.78, 5) is 9.86. The molecule has 0 aliphatic carbocycles. The molecule has 0 aromatic rings. The SMILES string of the molecule is CS(=O)(=O)CC(N)=O.CS(=O)(=O)CN. The van der Waals surface area contributed by atoms with E-state index in [2.05, 4.69) is 5.73 Å². The molecule has 0 heterocycles. The molecule has 0 saturated carbocycles. The van der Waals surface area contributed by atoms with Gasteiger partial charge in [-0.2, -0.15) is 0 Å². The van der Waals surface area contributed by atoms with Gasteiger partial charge < -0.3 is 11.5 Å². The van der Waals surface area contributed by atoms with Gasteiger partial charge in [0.15, 0.2) is 19.7 Å². The van der Waals surface area contributed by atoms with E-state index in [4.69, 9.17) is 5.73 Å². The molecular weight excluding hydrogens is 232 g/mol. The molecule has 0 radical (unpaired) electrons. The Morgan fingerprint density at radius 2 is 1.36 bits per heavy atom. The minimum absolute atomic E-state index is 0.257. The number of nitrogens with two attached hydrogens (primary N) is 2. The molecule has 0 aliphatic heterocycles. The third-order valence-corrected chi connectivity index (χ3v) is 2.12. The van der Waals surface area contributed by atoms with E-state index in [1.54, 1.807) is 0 Å². The van der Waals surface area contributed by atoms with Crippen LogP contribution < -0.4 is 11.5 Å². The van der Waals surface area contributed by atoms with E-state index in [1.807, 2.05) is 0 Å². The first-order chi connectivity index (χ1) is 5.98. The van der Waals surface area contributed by atoms with Gasteiger partial charge in [0.05, 0.1) is 5.88 Å². The largest absolute Gasteiger partial charge is 0.369 e. The molecule has 0 aliphatic rings. The van der Waals surface area contributed by atoms with Gasteiger partial charge in [0.2, 0.25) is 5.91 Å². The zero-order valence-electron chi connectivity index (χ0n) is 7.93. The number of hydrogen-bond donors (Lipinski definition) is 2. The van der Waals surface area contributed by atoms with Gasteiger partial charge >= 0.3 is 0 Å². The highest BCUT2D eigenvalue weighted by atomic mass is 32.2. The Kier molecular flexibility index (Phi) is 6.69. The van der Waals surface area contributed by atoms with E-state index in [0.717, 1.165) is 12.5 Å². The van der Waals surface area contributed by atoms with Gasteiger partial charge in [-0.15, -0.1) is 0 Å². The van der Waals surface area contributed by atoms with Crippen LogP contribution >= 0.6 is 0 Å². The minimum atomic E-state index is -3.20. The van der Waals surface area contributed by atoms with Crippen LogP contribution in [0.15, 0.2) is 0 Å². The fourth-order valence-electron chi connectivity index (χ4n) is 0.258. The first-order valence-electron chi connectivity index (χ1n) is 3.32. The minimum Gasteiger partial charge on any atom is -0.369 e. The normalized spacial score (nSPS) is 11.4. The third kappa shape index (κ3) is 22.5. The molecule has 1 amide bonds. The number of carbonyl (C=O) groups excluding carboxylic acids is 1. The average Bonchev–Trinajstić information content (AvgIpc) is 1.81. The molecule has 0 aromatic heterocycles. The van der Waals surface area contributed by atoms with Crippen molar-refractivity contribution in [1.82, 2.24) is 0 Å². The van der Waals surface area contributed by atoms with Crippen LogP contribution in [0.5, 0.6) is 0 Å². The van der Waals surface area contributed by atoms with Gasteiger partial charge in [-0.05, 0) is 0 Å². The Hall–Kier alpha value is -0.670. The number of hydrogen-bond acceptors (Lipinski definition) is 6. The molecule has 0 aromatic carbocycles. The number of primary amides is 1. The standard InChI is InChI=1S/C3H7NO3S.C2H7NO2S/c1-8(6,7)2-3(4)5;1-6(4,5)2-3/h2H2,1H3,(H2,4,5);2-3H2,1H3. The Morgan fingerprint density at radius 3 is 1.36 bits per heavy atom. The zero-order valence-corrected chi connectivity index (χ0v) is 9.56. The van der Waals surface area contributed by atoms with E-state index < -0.39 is 31.3 Å². The van der Waals surface area contributed by atoms with Gasteiger partial charge in [-0.25, -0.2) is 16.8 Å². The lowest BCUT2D eigenvalue weighted by atomic mass is 10.8. The van der Waals surface area contributed by atoms with Gasteiger partial charge in [-0.3, -0.25) is 4.79 Å². The molecule has 0 rings (SSSR count). The van der Waals surface area contributed by atoms with Crippen molar-refractivity contribution < 1.29 is 21.6 Å². The summed E-state index contributed by atoms with van der Waals surface area (Å²) >= 11 is 0. The number of sulfone groups is 2. The van der Waals surface area contributed by atoms with E-state index in [1.165, 1.54) is 0 Å². The molecule has 0 atom stereocenters. The molecule has 0 fully saturated rings. The van der Waals surface area contributed by atoms with Crippen LogP contribution in [0.4, 0.5) is 0 Å². The van der Waals surface area contributed by atoms with Crippen LogP contribution in [0.3, 0.4) is 0 Å². The lowest BCUT2D eigenvalue weighted by Gasteiger charge is -1.87. The molecule has 0 bridgehead atoms. The number of amides is 1. The summed E-state index contributed by atoms with van der Waals surface area (Å²) < 4.78 is 40.0. The molecule has 86 valence electrons. The van der Waals surface area contributed by atoms with Crippen LogP contribution in [0.2, 0.25) is 0 Å². The Morgan fingerprint density at radius 1 is 1.07 bits per heavy atom.